The van der Waals surface area contributed by atoms with Gasteiger partial charge in [-0.05, 0) is 49.9 Å². The summed E-state index contributed by atoms with van der Waals surface area (Å²) < 4.78 is 5.32. The average molecular weight is 242 g/mol. The molecule has 0 radical (unpaired) electrons. The van der Waals surface area contributed by atoms with Gasteiger partial charge in [-0.1, -0.05) is 0 Å². The van der Waals surface area contributed by atoms with Crippen molar-refractivity contribution in [3.05, 3.63) is 29.5 Å². The molecule has 1 aromatic heterocycles. The molecule has 0 saturated carbocycles. The number of fused-ring (bicyclic) bond motifs is 2. The van der Waals surface area contributed by atoms with Crippen LogP contribution < -0.4 is 10.1 Å². The molecule has 18 heavy (non-hydrogen) atoms. The van der Waals surface area contributed by atoms with Gasteiger partial charge in [0.15, 0.2) is 0 Å². The summed E-state index contributed by atoms with van der Waals surface area (Å²) in [6.45, 7) is 3.07. The molecular weight excluding hydrogens is 224 g/mol. The topological polar surface area (TPSA) is 34.2 Å². The van der Waals surface area contributed by atoms with Crippen molar-refractivity contribution in [3.8, 4) is 5.75 Å². The molecule has 0 amide bonds. The highest BCUT2D eigenvalue weighted by molar-refractivity contribution is 5.94. The van der Waals surface area contributed by atoms with Crippen molar-refractivity contribution in [2.45, 2.75) is 26.2 Å². The lowest BCUT2D eigenvalue weighted by molar-refractivity contribution is 0.415. The Morgan fingerprint density at radius 3 is 3.00 bits per heavy atom. The Labute approximate surface area is 107 Å². The van der Waals surface area contributed by atoms with Crippen molar-refractivity contribution >= 4 is 16.6 Å². The van der Waals surface area contributed by atoms with Gasteiger partial charge in [-0.25, -0.2) is 0 Å². The second-order valence-corrected chi connectivity index (χ2v) is 4.68. The third kappa shape index (κ3) is 1.70. The highest BCUT2D eigenvalue weighted by Gasteiger charge is 2.19. The Balaban J connectivity index is 2.28. The average Bonchev–Trinajstić information content (AvgIpc) is 2.86. The van der Waals surface area contributed by atoms with Gasteiger partial charge in [0.2, 0.25) is 0 Å². The van der Waals surface area contributed by atoms with Crippen LogP contribution >= 0.6 is 0 Å². The van der Waals surface area contributed by atoms with Crippen molar-refractivity contribution in [1.29, 1.82) is 0 Å². The highest BCUT2D eigenvalue weighted by atomic mass is 16.5. The largest absolute Gasteiger partial charge is 0.497 e. The van der Waals surface area contributed by atoms with Gasteiger partial charge in [0.05, 0.1) is 12.6 Å². The van der Waals surface area contributed by atoms with Gasteiger partial charge in [0.1, 0.15) is 5.75 Å². The normalized spacial score (nSPS) is 13.7. The number of hydrogen-bond donors (Lipinski definition) is 1. The van der Waals surface area contributed by atoms with Crippen molar-refractivity contribution < 1.29 is 4.74 Å². The summed E-state index contributed by atoms with van der Waals surface area (Å²) in [7, 11) is 1.70. The molecule has 0 saturated heterocycles. The first kappa shape index (κ1) is 11.3. The summed E-state index contributed by atoms with van der Waals surface area (Å²) in [6.07, 6.45) is 3.46. The molecule has 2 aromatic rings. The molecule has 1 aromatic carbocycles. The monoisotopic (exact) mass is 242 g/mol. The van der Waals surface area contributed by atoms with E-state index in [0.29, 0.717) is 0 Å². The summed E-state index contributed by atoms with van der Waals surface area (Å²) in [5, 5.41) is 4.68. The number of anilines is 1. The minimum Gasteiger partial charge on any atom is -0.497 e. The zero-order valence-corrected chi connectivity index (χ0v) is 10.9. The molecule has 3 heteroatoms. The van der Waals surface area contributed by atoms with E-state index in [9.17, 15) is 0 Å². The van der Waals surface area contributed by atoms with E-state index in [1.54, 1.807) is 7.11 Å². The maximum atomic E-state index is 5.32. The molecule has 1 aliphatic carbocycles. The van der Waals surface area contributed by atoms with Crippen LogP contribution in [0.3, 0.4) is 0 Å². The van der Waals surface area contributed by atoms with Crippen LogP contribution in [0.5, 0.6) is 5.75 Å². The standard InChI is InChI=1S/C15H18N2O/c1-3-16-15-11-5-4-6-13(11)17-14-8-7-10(18-2)9-12(14)15/h7-9H,3-6H2,1-2H3,(H,16,17). The maximum Gasteiger partial charge on any atom is 0.119 e. The van der Waals surface area contributed by atoms with Crippen LogP contribution in [0.4, 0.5) is 5.69 Å². The van der Waals surface area contributed by atoms with Crippen LogP contribution in [0.15, 0.2) is 18.2 Å². The fourth-order valence-corrected chi connectivity index (χ4v) is 2.75. The SMILES string of the molecule is CCNc1c2c(nc3ccc(OC)cc13)CCC2. The van der Waals surface area contributed by atoms with Crippen LogP contribution in [0, 0.1) is 0 Å². The van der Waals surface area contributed by atoms with Gasteiger partial charge in [-0.2, -0.15) is 0 Å². The molecule has 0 fully saturated rings. The predicted octanol–water partition coefficient (Wildman–Crippen LogP) is 3.16. The van der Waals surface area contributed by atoms with E-state index in [-0.39, 0.29) is 0 Å². The Morgan fingerprint density at radius 2 is 2.22 bits per heavy atom. The number of benzene rings is 1. The maximum absolute atomic E-state index is 5.32. The van der Waals surface area contributed by atoms with Gasteiger partial charge >= 0.3 is 0 Å². The zero-order valence-electron chi connectivity index (χ0n) is 10.9. The molecular formula is C15H18N2O. The van der Waals surface area contributed by atoms with Crippen LogP contribution in [-0.4, -0.2) is 18.6 Å². The van der Waals surface area contributed by atoms with Crippen molar-refractivity contribution in [2.24, 2.45) is 0 Å². The van der Waals surface area contributed by atoms with E-state index in [0.717, 1.165) is 30.7 Å². The predicted molar refractivity (Wildman–Crippen MR) is 74.5 cm³/mol. The molecule has 1 heterocycles. The summed E-state index contributed by atoms with van der Waals surface area (Å²) in [5.74, 6) is 0.890. The van der Waals surface area contributed by atoms with E-state index in [4.69, 9.17) is 9.72 Å². The quantitative estimate of drug-likeness (QED) is 0.897. The Hall–Kier alpha value is -1.77. The van der Waals surface area contributed by atoms with Gasteiger partial charge < -0.3 is 10.1 Å². The first-order valence-electron chi connectivity index (χ1n) is 6.57. The number of aryl methyl sites for hydroxylation is 1. The van der Waals surface area contributed by atoms with Crippen molar-refractivity contribution in [2.75, 3.05) is 19.0 Å². The molecule has 0 bridgehead atoms. The molecule has 3 nitrogen and oxygen atoms in total. The highest BCUT2D eigenvalue weighted by Crippen LogP contribution is 2.35. The van der Waals surface area contributed by atoms with Gasteiger partial charge in [0.25, 0.3) is 0 Å². The van der Waals surface area contributed by atoms with Crippen LogP contribution in [0.1, 0.15) is 24.6 Å². The third-order valence-electron chi connectivity index (χ3n) is 3.57. The van der Waals surface area contributed by atoms with Gasteiger partial charge in [0, 0.05) is 23.3 Å². The second-order valence-electron chi connectivity index (χ2n) is 4.68. The van der Waals surface area contributed by atoms with Gasteiger partial charge in [-0.15, -0.1) is 0 Å². The Morgan fingerprint density at radius 1 is 1.33 bits per heavy atom. The summed E-state index contributed by atoms with van der Waals surface area (Å²) in [4.78, 5) is 4.78. The molecule has 0 aliphatic heterocycles. The lowest BCUT2D eigenvalue weighted by Gasteiger charge is -2.14. The molecule has 0 spiro atoms. The second kappa shape index (κ2) is 4.48. The van der Waals surface area contributed by atoms with E-state index < -0.39 is 0 Å². The number of aromatic nitrogens is 1. The van der Waals surface area contributed by atoms with Crippen molar-refractivity contribution in [3.63, 3.8) is 0 Å². The first-order valence-corrected chi connectivity index (χ1v) is 6.57. The third-order valence-corrected chi connectivity index (χ3v) is 3.57. The number of nitrogens with one attached hydrogen (secondary N) is 1. The number of ether oxygens (including phenoxy) is 1. The van der Waals surface area contributed by atoms with Gasteiger partial charge in [-0.3, -0.25) is 4.98 Å². The van der Waals surface area contributed by atoms with E-state index in [2.05, 4.69) is 18.3 Å². The lowest BCUT2D eigenvalue weighted by Crippen LogP contribution is -2.03. The number of nitrogens with zero attached hydrogens (tertiary/aromatic N) is 1. The molecule has 0 unspecified atom stereocenters. The molecule has 1 N–H and O–H groups in total. The van der Waals surface area contributed by atoms with E-state index >= 15 is 0 Å². The van der Waals surface area contributed by atoms with E-state index in [1.165, 1.54) is 28.8 Å². The fraction of sp³-hybridized carbons (Fsp3) is 0.400. The molecule has 94 valence electrons. The Bertz CT molecular complexity index is 593. The number of hydrogen-bond acceptors (Lipinski definition) is 3. The lowest BCUT2D eigenvalue weighted by atomic mass is 10.1. The minimum absolute atomic E-state index is 0.890. The summed E-state index contributed by atoms with van der Waals surface area (Å²) >= 11 is 0. The smallest absolute Gasteiger partial charge is 0.119 e. The van der Waals surface area contributed by atoms with E-state index in [1.807, 2.05) is 12.1 Å². The molecule has 0 atom stereocenters. The van der Waals surface area contributed by atoms with Crippen LogP contribution in [-0.2, 0) is 12.8 Å². The number of rotatable bonds is 3. The minimum atomic E-state index is 0.890. The molecule has 1 aliphatic rings. The van der Waals surface area contributed by atoms with Crippen LogP contribution in [0.2, 0.25) is 0 Å². The zero-order chi connectivity index (χ0) is 12.5. The number of methoxy groups -OCH3 is 1. The van der Waals surface area contributed by atoms with Crippen LogP contribution in [0.25, 0.3) is 10.9 Å². The molecule has 3 rings (SSSR count). The Kier molecular flexibility index (Phi) is 2.82. The van der Waals surface area contributed by atoms with Crippen molar-refractivity contribution in [1.82, 2.24) is 4.98 Å². The summed E-state index contributed by atoms with van der Waals surface area (Å²) in [5.41, 5.74) is 4.99. The first-order chi connectivity index (χ1) is 8.83. The fourth-order valence-electron chi connectivity index (χ4n) is 2.75. The summed E-state index contributed by atoms with van der Waals surface area (Å²) in [6, 6.07) is 6.11. The number of pyridine rings is 1.